The fourth-order valence-electron chi connectivity index (χ4n) is 2.92. The summed E-state index contributed by atoms with van der Waals surface area (Å²) in [5.74, 6) is -0.606. The van der Waals surface area contributed by atoms with E-state index in [-0.39, 0.29) is 12.6 Å². The maximum Gasteiger partial charge on any atom is 0.296 e. The summed E-state index contributed by atoms with van der Waals surface area (Å²) in [6, 6.07) is 5.45. The number of hydrogen-bond donors (Lipinski definition) is 2. The van der Waals surface area contributed by atoms with Crippen LogP contribution in [0.1, 0.15) is 23.7 Å². The summed E-state index contributed by atoms with van der Waals surface area (Å²) in [6.45, 7) is 3.12. The van der Waals surface area contributed by atoms with E-state index in [2.05, 4.69) is 17.1 Å². The van der Waals surface area contributed by atoms with Gasteiger partial charge in [-0.3, -0.25) is 9.59 Å². The number of aliphatic hydroxyl groups is 1. The van der Waals surface area contributed by atoms with Gasteiger partial charge in [-0.15, -0.1) is 0 Å². The number of carbonyl (C=O) groups excluding carboxylic acids is 2. The minimum absolute atomic E-state index is 0.103. The van der Waals surface area contributed by atoms with Gasteiger partial charge in [-0.1, -0.05) is 6.92 Å². The molecule has 1 saturated heterocycles. The van der Waals surface area contributed by atoms with Crippen molar-refractivity contribution in [2.45, 2.75) is 19.4 Å². The van der Waals surface area contributed by atoms with Gasteiger partial charge < -0.3 is 15.3 Å². The molecule has 0 bridgehead atoms. The standard InChI is InChI=1S/C14H16N2O3/c1-8-4-5-16(12(8)7-17)9-2-3-10-11(6-9)15-14(19)13(10)18/h2-3,6,8,12,17H,4-5,7H2,1H3,(H,15,18,19). The Hall–Kier alpha value is -1.88. The van der Waals surface area contributed by atoms with E-state index in [0.29, 0.717) is 17.2 Å². The molecule has 2 aliphatic rings. The first kappa shape index (κ1) is 12.2. The molecule has 2 aliphatic heterocycles. The highest BCUT2D eigenvalue weighted by molar-refractivity contribution is 6.51. The fraction of sp³-hybridized carbons (Fsp3) is 0.429. The zero-order valence-corrected chi connectivity index (χ0v) is 10.7. The Morgan fingerprint density at radius 1 is 1.42 bits per heavy atom. The van der Waals surface area contributed by atoms with E-state index in [0.717, 1.165) is 18.7 Å². The van der Waals surface area contributed by atoms with Gasteiger partial charge in [-0.05, 0) is 30.5 Å². The Balaban J connectivity index is 1.94. The van der Waals surface area contributed by atoms with Crippen molar-refractivity contribution in [1.82, 2.24) is 0 Å². The van der Waals surface area contributed by atoms with Gasteiger partial charge >= 0.3 is 0 Å². The number of fused-ring (bicyclic) bond motifs is 1. The predicted molar refractivity (Wildman–Crippen MR) is 71.4 cm³/mol. The molecule has 2 N–H and O–H groups in total. The van der Waals surface area contributed by atoms with E-state index in [1.807, 2.05) is 12.1 Å². The number of Topliss-reactive ketones (excluding diaryl/α,β-unsaturated/α-hetero) is 1. The van der Waals surface area contributed by atoms with Crippen LogP contribution in [0.15, 0.2) is 18.2 Å². The van der Waals surface area contributed by atoms with E-state index in [1.165, 1.54) is 0 Å². The number of hydrogen-bond acceptors (Lipinski definition) is 4. The van der Waals surface area contributed by atoms with Crippen molar-refractivity contribution in [1.29, 1.82) is 0 Å². The van der Waals surface area contributed by atoms with Crippen LogP contribution >= 0.6 is 0 Å². The minimum atomic E-state index is -0.569. The third-order valence-electron chi connectivity index (χ3n) is 4.10. The summed E-state index contributed by atoms with van der Waals surface area (Å²) < 4.78 is 0. The quantitative estimate of drug-likeness (QED) is 0.779. The number of aliphatic hydroxyl groups excluding tert-OH is 1. The molecular formula is C14H16N2O3. The van der Waals surface area contributed by atoms with Crippen molar-refractivity contribution in [2.75, 3.05) is 23.4 Å². The summed E-state index contributed by atoms with van der Waals surface area (Å²) in [5.41, 5.74) is 1.95. The molecule has 0 aliphatic carbocycles. The molecular weight excluding hydrogens is 244 g/mol. The van der Waals surface area contributed by atoms with Crippen molar-refractivity contribution < 1.29 is 14.7 Å². The second-order valence-electron chi connectivity index (χ2n) is 5.22. The SMILES string of the molecule is CC1CCN(c2ccc3c(c2)NC(=O)C3=O)C1CO. The zero-order valence-electron chi connectivity index (χ0n) is 10.7. The molecule has 2 unspecified atom stereocenters. The number of nitrogens with one attached hydrogen (secondary N) is 1. The molecule has 0 saturated carbocycles. The molecule has 5 heteroatoms. The van der Waals surface area contributed by atoms with E-state index in [9.17, 15) is 14.7 Å². The maximum atomic E-state index is 11.5. The van der Waals surface area contributed by atoms with Gasteiger partial charge in [0.2, 0.25) is 0 Å². The van der Waals surface area contributed by atoms with Crippen molar-refractivity contribution in [3.63, 3.8) is 0 Å². The normalized spacial score (nSPS) is 25.7. The van der Waals surface area contributed by atoms with E-state index >= 15 is 0 Å². The van der Waals surface area contributed by atoms with Gasteiger partial charge in [0, 0.05) is 12.2 Å². The number of anilines is 2. The molecule has 100 valence electrons. The van der Waals surface area contributed by atoms with Crippen molar-refractivity contribution in [3.05, 3.63) is 23.8 Å². The van der Waals surface area contributed by atoms with Crippen LogP contribution in [0.4, 0.5) is 11.4 Å². The summed E-state index contributed by atoms with van der Waals surface area (Å²) in [7, 11) is 0. The molecule has 2 atom stereocenters. The topological polar surface area (TPSA) is 69.6 Å². The van der Waals surface area contributed by atoms with Crippen LogP contribution in [-0.2, 0) is 4.79 Å². The monoisotopic (exact) mass is 260 g/mol. The molecule has 0 spiro atoms. The second kappa shape index (κ2) is 4.35. The highest BCUT2D eigenvalue weighted by atomic mass is 16.3. The Bertz CT molecular complexity index is 556. The molecule has 2 heterocycles. The van der Waals surface area contributed by atoms with Crippen molar-refractivity contribution >= 4 is 23.1 Å². The van der Waals surface area contributed by atoms with Gasteiger partial charge in [-0.2, -0.15) is 0 Å². The van der Waals surface area contributed by atoms with E-state index in [4.69, 9.17) is 0 Å². The average molecular weight is 260 g/mol. The van der Waals surface area contributed by atoms with Crippen LogP contribution in [0.5, 0.6) is 0 Å². The zero-order chi connectivity index (χ0) is 13.6. The first-order valence-electron chi connectivity index (χ1n) is 6.49. The lowest BCUT2D eigenvalue weighted by molar-refractivity contribution is -0.112. The third-order valence-corrected chi connectivity index (χ3v) is 4.10. The van der Waals surface area contributed by atoms with Crippen LogP contribution in [0.2, 0.25) is 0 Å². The number of benzene rings is 1. The van der Waals surface area contributed by atoms with E-state index in [1.54, 1.807) is 6.07 Å². The maximum absolute atomic E-state index is 11.5. The summed E-state index contributed by atoms with van der Waals surface area (Å²) in [5, 5.41) is 12.1. The Labute approximate surface area is 111 Å². The van der Waals surface area contributed by atoms with Crippen LogP contribution in [-0.4, -0.2) is 36.0 Å². The number of ketones is 1. The Morgan fingerprint density at radius 2 is 2.21 bits per heavy atom. The van der Waals surface area contributed by atoms with Gasteiger partial charge in [0.1, 0.15) is 0 Å². The van der Waals surface area contributed by atoms with Crippen molar-refractivity contribution in [2.24, 2.45) is 5.92 Å². The highest BCUT2D eigenvalue weighted by Gasteiger charge is 2.33. The van der Waals surface area contributed by atoms with Crippen LogP contribution in [0.3, 0.4) is 0 Å². The molecule has 0 radical (unpaired) electrons. The number of rotatable bonds is 2. The van der Waals surface area contributed by atoms with Gasteiger partial charge in [0.15, 0.2) is 0 Å². The molecule has 1 aromatic carbocycles. The van der Waals surface area contributed by atoms with Gasteiger partial charge in [0.05, 0.1) is 23.9 Å². The average Bonchev–Trinajstić information content (AvgIpc) is 2.90. The lowest BCUT2D eigenvalue weighted by Crippen LogP contribution is -2.35. The molecule has 19 heavy (non-hydrogen) atoms. The Morgan fingerprint density at radius 3 is 2.95 bits per heavy atom. The van der Waals surface area contributed by atoms with Crippen LogP contribution < -0.4 is 10.2 Å². The molecule has 1 fully saturated rings. The fourth-order valence-corrected chi connectivity index (χ4v) is 2.92. The van der Waals surface area contributed by atoms with Crippen molar-refractivity contribution in [3.8, 4) is 0 Å². The lowest BCUT2D eigenvalue weighted by Gasteiger charge is -2.27. The first-order valence-corrected chi connectivity index (χ1v) is 6.49. The van der Waals surface area contributed by atoms with Crippen LogP contribution in [0, 0.1) is 5.92 Å². The largest absolute Gasteiger partial charge is 0.394 e. The number of nitrogens with zero attached hydrogens (tertiary/aromatic N) is 1. The number of carbonyl (C=O) groups is 2. The van der Waals surface area contributed by atoms with Gasteiger partial charge in [-0.25, -0.2) is 0 Å². The van der Waals surface area contributed by atoms with Crippen LogP contribution in [0.25, 0.3) is 0 Å². The molecule has 3 rings (SSSR count). The third kappa shape index (κ3) is 1.81. The number of amides is 1. The molecule has 0 aromatic heterocycles. The highest BCUT2D eigenvalue weighted by Crippen LogP contribution is 2.33. The molecule has 1 aromatic rings. The van der Waals surface area contributed by atoms with Gasteiger partial charge in [0.25, 0.3) is 11.7 Å². The molecule has 5 nitrogen and oxygen atoms in total. The predicted octanol–water partition coefficient (Wildman–Crippen LogP) is 1.03. The van der Waals surface area contributed by atoms with E-state index < -0.39 is 11.7 Å². The lowest BCUT2D eigenvalue weighted by atomic mass is 10.0. The Kier molecular flexibility index (Phi) is 2.78. The second-order valence-corrected chi connectivity index (χ2v) is 5.22. The summed E-state index contributed by atoms with van der Waals surface area (Å²) in [6.07, 6.45) is 1.04. The smallest absolute Gasteiger partial charge is 0.296 e. The molecule has 1 amide bonds. The summed E-state index contributed by atoms with van der Waals surface area (Å²) in [4.78, 5) is 25.0. The first-order chi connectivity index (χ1) is 9.11. The minimum Gasteiger partial charge on any atom is -0.394 e. The summed E-state index contributed by atoms with van der Waals surface area (Å²) >= 11 is 0.